The molecule has 13 heteroatoms. The highest BCUT2D eigenvalue weighted by Gasteiger charge is 2.53. The van der Waals surface area contributed by atoms with Crippen LogP contribution in [-0.4, -0.2) is 70.4 Å². The molecule has 1 unspecified atom stereocenters. The van der Waals surface area contributed by atoms with E-state index in [9.17, 15) is 26.0 Å². The zero-order chi connectivity index (χ0) is 21.2. The normalized spacial score (nSPS) is 21.5. The molecule has 0 aromatic carbocycles. The Hall–Kier alpha value is -1.60. The van der Waals surface area contributed by atoms with Crippen molar-refractivity contribution in [3.63, 3.8) is 0 Å². The molecule has 1 aromatic rings. The number of ether oxygens (including phenoxy) is 1. The molecule has 1 atom stereocenters. The molecule has 1 aromatic heterocycles. The Bertz CT molecular complexity index is 813. The molecule has 0 radical (unpaired) electrons. The van der Waals surface area contributed by atoms with E-state index in [1.807, 2.05) is 0 Å². The summed E-state index contributed by atoms with van der Waals surface area (Å²) in [6.07, 6.45) is -2.98. The molecule has 3 heterocycles. The van der Waals surface area contributed by atoms with Crippen molar-refractivity contribution >= 4 is 27.8 Å². The van der Waals surface area contributed by atoms with Crippen molar-refractivity contribution in [2.24, 2.45) is 0 Å². The standard InChI is InChI=1S/C13H17FN2O3S2.C2HF3O2/c1-2-21(17,18)16-8-13(9-16)6-10(7-20-13)19-12-11(14)4-3-5-15-12;3-2(4,5)1(6)7/h3-5,10H,2,6-9H2,1H3;(H,6,7). The third-order valence-electron chi connectivity index (χ3n) is 4.11. The molecule has 158 valence electrons. The average molecular weight is 446 g/mol. The Balaban J connectivity index is 0.000000345. The van der Waals surface area contributed by atoms with Crippen LogP contribution in [-0.2, 0) is 14.8 Å². The molecule has 2 saturated heterocycles. The van der Waals surface area contributed by atoms with Crippen LogP contribution in [0.25, 0.3) is 0 Å². The lowest BCUT2D eigenvalue weighted by Gasteiger charge is -2.46. The van der Waals surface area contributed by atoms with Gasteiger partial charge in [-0.3, -0.25) is 0 Å². The highest BCUT2D eigenvalue weighted by atomic mass is 32.2. The number of carboxylic acid groups (broad SMARTS) is 1. The van der Waals surface area contributed by atoms with E-state index in [1.54, 1.807) is 18.7 Å². The Kier molecular flexibility index (Phi) is 6.82. The van der Waals surface area contributed by atoms with Crippen LogP contribution in [0.5, 0.6) is 5.88 Å². The van der Waals surface area contributed by atoms with Gasteiger partial charge in [-0.2, -0.15) is 17.5 Å². The Morgan fingerprint density at radius 1 is 1.46 bits per heavy atom. The third kappa shape index (κ3) is 5.47. The molecule has 3 rings (SSSR count). The first-order valence-electron chi connectivity index (χ1n) is 8.07. The topological polar surface area (TPSA) is 96.8 Å². The number of alkyl halides is 3. The minimum Gasteiger partial charge on any atom is -0.475 e. The fourth-order valence-corrected chi connectivity index (χ4v) is 5.63. The van der Waals surface area contributed by atoms with Crippen molar-refractivity contribution in [2.75, 3.05) is 24.6 Å². The average Bonchev–Trinajstić information content (AvgIpc) is 3.00. The van der Waals surface area contributed by atoms with Crippen LogP contribution in [0.3, 0.4) is 0 Å². The SMILES string of the molecule is CCS(=O)(=O)N1CC2(CC(Oc3ncccc3F)CS2)C1.O=C(O)C(F)(F)F. The number of nitrogens with zero attached hydrogens (tertiary/aromatic N) is 2. The van der Waals surface area contributed by atoms with Crippen LogP contribution in [0.4, 0.5) is 17.6 Å². The van der Waals surface area contributed by atoms with E-state index in [0.717, 1.165) is 12.2 Å². The maximum Gasteiger partial charge on any atom is 0.490 e. The van der Waals surface area contributed by atoms with Gasteiger partial charge in [0, 0.05) is 36.2 Å². The second kappa shape index (κ2) is 8.41. The van der Waals surface area contributed by atoms with E-state index in [0.29, 0.717) is 13.1 Å². The number of pyridine rings is 1. The van der Waals surface area contributed by atoms with Gasteiger partial charge in [0.2, 0.25) is 10.0 Å². The van der Waals surface area contributed by atoms with Crippen molar-refractivity contribution in [2.45, 2.75) is 30.4 Å². The molecule has 0 saturated carbocycles. The summed E-state index contributed by atoms with van der Waals surface area (Å²) in [6.45, 7) is 2.70. The molecule has 0 bridgehead atoms. The van der Waals surface area contributed by atoms with Gasteiger partial charge in [-0.25, -0.2) is 22.6 Å². The van der Waals surface area contributed by atoms with Gasteiger partial charge in [0.25, 0.3) is 5.88 Å². The maximum absolute atomic E-state index is 13.5. The van der Waals surface area contributed by atoms with Gasteiger partial charge in [-0.1, -0.05) is 0 Å². The van der Waals surface area contributed by atoms with Crippen LogP contribution in [0.1, 0.15) is 13.3 Å². The summed E-state index contributed by atoms with van der Waals surface area (Å²) >= 11 is 1.71. The van der Waals surface area contributed by atoms with Crippen molar-refractivity contribution in [3.8, 4) is 5.88 Å². The molecule has 2 fully saturated rings. The molecular formula is C15H18F4N2O5S2. The Morgan fingerprint density at radius 3 is 2.57 bits per heavy atom. The molecule has 1 N–H and O–H groups in total. The zero-order valence-electron chi connectivity index (χ0n) is 14.6. The van der Waals surface area contributed by atoms with Crippen molar-refractivity contribution in [1.82, 2.24) is 9.29 Å². The van der Waals surface area contributed by atoms with Gasteiger partial charge in [0.15, 0.2) is 5.82 Å². The van der Waals surface area contributed by atoms with E-state index in [1.165, 1.54) is 22.6 Å². The number of hydrogen-bond acceptors (Lipinski definition) is 6. The fourth-order valence-electron chi connectivity index (χ4n) is 2.69. The van der Waals surface area contributed by atoms with Crippen LogP contribution < -0.4 is 4.74 Å². The van der Waals surface area contributed by atoms with Gasteiger partial charge in [-0.05, 0) is 19.1 Å². The number of halogens is 4. The van der Waals surface area contributed by atoms with E-state index in [-0.39, 0.29) is 22.5 Å². The second-order valence-corrected chi connectivity index (χ2v) is 9.95. The number of thioether (sulfide) groups is 1. The van der Waals surface area contributed by atoms with Gasteiger partial charge < -0.3 is 9.84 Å². The fraction of sp³-hybridized carbons (Fsp3) is 0.600. The lowest BCUT2D eigenvalue weighted by molar-refractivity contribution is -0.192. The number of aromatic nitrogens is 1. The molecule has 1 spiro atoms. The predicted octanol–water partition coefficient (Wildman–Crippen LogP) is 2.14. The van der Waals surface area contributed by atoms with Crippen molar-refractivity contribution in [1.29, 1.82) is 0 Å². The quantitative estimate of drug-likeness (QED) is 0.708. The maximum atomic E-state index is 13.5. The minimum atomic E-state index is -5.08. The van der Waals surface area contributed by atoms with E-state index < -0.39 is 28.0 Å². The lowest BCUT2D eigenvalue weighted by Crippen LogP contribution is -2.61. The first-order chi connectivity index (χ1) is 12.9. The summed E-state index contributed by atoms with van der Waals surface area (Å²) in [5, 5.41) is 7.12. The van der Waals surface area contributed by atoms with Crippen LogP contribution in [0.15, 0.2) is 18.3 Å². The predicted molar refractivity (Wildman–Crippen MR) is 93.1 cm³/mol. The van der Waals surface area contributed by atoms with E-state index >= 15 is 0 Å². The van der Waals surface area contributed by atoms with Gasteiger partial charge in [0.1, 0.15) is 6.10 Å². The monoisotopic (exact) mass is 446 g/mol. The zero-order valence-corrected chi connectivity index (χ0v) is 16.3. The van der Waals surface area contributed by atoms with E-state index in [2.05, 4.69) is 4.98 Å². The molecular weight excluding hydrogens is 428 g/mol. The number of hydrogen-bond donors (Lipinski definition) is 1. The highest BCUT2D eigenvalue weighted by Crippen LogP contribution is 2.47. The number of aliphatic carboxylic acids is 1. The molecule has 0 aliphatic carbocycles. The third-order valence-corrected chi connectivity index (χ3v) is 7.46. The molecule has 2 aliphatic heterocycles. The first-order valence-corrected chi connectivity index (χ1v) is 10.7. The molecule has 0 amide bonds. The number of sulfonamides is 1. The second-order valence-electron chi connectivity index (χ2n) is 6.20. The van der Waals surface area contributed by atoms with Crippen LogP contribution >= 0.6 is 11.8 Å². The van der Waals surface area contributed by atoms with Gasteiger partial charge >= 0.3 is 12.1 Å². The molecule has 2 aliphatic rings. The summed E-state index contributed by atoms with van der Waals surface area (Å²) in [6, 6.07) is 2.84. The van der Waals surface area contributed by atoms with Crippen molar-refractivity contribution < 1.29 is 40.6 Å². The van der Waals surface area contributed by atoms with Crippen LogP contribution in [0.2, 0.25) is 0 Å². The smallest absolute Gasteiger partial charge is 0.475 e. The summed E-state index contributed by atoms with van der Waals surface area (Å²) in [5.74, 6) is -2.33. The highest BCUT2D eigenvalue weighted by molar-refractivity contribution is 8.01. The Morgan fingerprint density at radius 2 is 2.07 bits per heavy atom. The van der Waals surface area contributed by atoms with E-state index in [4.69, 9.17) is 14.6 Å². The van der Waals surface area contributed by atoms with Crippen LogP contribution in [0, 0.1) is 5.82 Å². The van der Waals surface area contributed by atoms with Gasteiger partial charge in [0.05, 0.1) is 5.75 Å². The summed E-state index contributed by atoms with van der Waals surface area (Å²) < 4.78 is 75.8. The summed E-state index contributed by atoms with van der Waals surface area (Å²) in [5.41, 5.74) is 0. The lowest BCUT2D eigenvalue weighted by atomic mass is 9.95. The number of rotatable bonds is 4. The summed E-state index contributed by atoms with van der Waals surface area (Å²) in [7, 11) is -3.10. The first kappa shape index (κ1) is 22.7. The van der Waals surface area contributed by atoms with Crippen molar-refractivity contribution in [3.05, 3.63) is 24.1 Å². The largest absolute Gasteiger partial charge is 0.490 e. The molecule has 7 nitrogen and oxygen atoms in total. The molecule has 28 heavy (non-hydrogen) atoms. The van der Waals surface area contributed by atoms with Gasteiger partial charge in [-0.15, -0.1) is 11.8 Å². The number of carboxylic acids is 1. The summed E-state index contributed by atoms with van der Waals surface area (Å²) in [4.78, 5) is 12.8. The Labute approximate surface area is 163 Å². The number of carbonyl (C=O) groups is 1. The minimum absolute atomic E-state index is 0.0255.